The number of rotatable bonds is 3. The van der Waals surface area contributed by atoms with Crippen LogP contribution in [-0.4, -0.2) is 16.1 Å². The van der Waals surface area contributed by atoms with Crippen LogP contribution in [0.4, 0.5) is 0 Å². The summed E-state index contributed by atoms with van der Waals surface area (Å²) < 4.78 is 11.5. The van der Waals surface area contributed by atoms with Gasteiger partial charge in [0.05, 0.1) is 5.69 Å². The highest BCUT2D eigenvalue weighted by Crippen LogP contribution is 2.35. The molecule has 1 aliphatic carbocycles. The van der Waals surface area contributed by atoms with E-state index in [1.807, 2.05) is 6.07 Å². The third-order valence-electron chi connectivity index (χ3n) is 4.23. The molecule has 1 aromatic carbocycles. The Labute approximate surface area is 132 Å². The Balaban J connectivity index is 1.71. The molecule has 0 saturated heterocycles. The first kappa shape index (κ1) is 13.8. The number of hydrogen-bond donors (Lipinski definition) is 1. The number of aryl methyl sites for hydroxylation is 2. The van der Waals surface area contributed by atoms with Crippen LogP contribution in [-0.2, 0) is 6.42 Å². The van der Waals surface area contributed by atoms with Crippen LogP contribution in [0.15, 0.2) is 40.9 Å². The van der Waals surface area contributed by atoms with E-state index in [1.54, 1.807) is 31.3 Å². The smallest absolute Gasteiger partial charge is 0.339 e. The number of ether oxygens (including phenoxy) is 1. The Hall–Kier alpha value is -2.82. The quantitative estimate of drug-likeness (QED) is 0.794. The number of carbonyl (C=O) groups is 1. The van der Waals surface area contributed by atoms with Crippen molar-refractivity contribution in [2.24, 2.45) is 0 Å². The highest BCUT2D eigenvalue weighted by atomic mass is 16.5. The summed E-state index contributed by atoms with van der Waals surface area (Å²) in [5.74, 6) is 0.0353. The Bertz CT molecular complexity index is 913. The topological polar surface area (TPSA) is 72.6 Å². The second kappa shape index (κ2) is 5.12. The molecular formula is C18H15NO4. The summed E-state index contributed by atoms with van der Waals surface area (Å²) >= 11 is 0. The number of carboxylic acid groups (broad SMARTS) is 1. The third kappa shape index (κ3) is 2.25. The van der Waals surface area contributed by atoms with E-state index >= 15 is 0 Å². The summed E-state index contributed by atoms with van der Waals surface area (Å²) in [4.78, 5) is 15.8. The summed E-state index contributed by atoms with van der Waals surface area (Å²) in [6.07, 6.45) is 3.50. The van der Waals surface area contributed by atoms with Gasteiger partial charge in [-0.05, 0) is 49.6 Å². The second-order valence-corrected chi connectivity index (χ2v) is 5.69. The van der Waals surface area contributed by atoms with E-state index in [9.17, 15) is 9.90 Å². The maximum absolute atomic E-state index is 11.4. The van der Waals surface area contributed by atoms with Crippen molar-refractivity contribution < 1.29 is 19.1 Å². The van der Waals surface area contributed by atoms with Crippen LogP contribution in [0, 0.1) is 6.92 Å². The number of fused-ring (bicyclic) bond motifs is 2. The van der Waals surface area contributed by atoms with Crippen LogP contribution in [0.25, 0.3) is 11.0 Å². The van der Waals surface area contributed by atoms with Crippen LogP contribution in [0.2, 0.25) is 0 Å². The maximum Gasteiger partial charge on any atom is 0.339 e. The van der Waals surface area contributed by atoms with Crippen molar-refractivity contribution >= 4 is 16.9 Å². The fourth-order valence-corrected chi connectivity index (χ4v) is 3.19. The molecular weight excluding hydrogens is 294 g/mol. The van der Waals surface area contributed by atoms with Gasteiger partial charge in [-0.3, -0.25) is 4.98 Å². The highest BCUT2D eigenvalue weighted by Gasteiger charge is 2.26. The minimum absolute atomic E-state index is 0.0927. The van der Waals surface area contributed by atoms with Gasteiger partial charge in [0.1, 0.15) is 28.8 Å². The van der Waals surface area contributed by atoms with Gasteiger partial charge in [-0.2, -0.15) is 0 Å². The molecule has 0 saturated carbocycles. The monoisotopic (exact) mass is 309 g/mol. The predicted molar refractivity (Wildman–Crippen MR) is 83.8 cm³/mol. The van der Waals surface area contributed by atoms with Crippen LogP contribution in [0.1, 0.15) is 39.9 Å². The fraction of sp³-hybridized carbons (Fsp3) is 0.222. The molecule has 3 aromatic rings. The third-order valence-corrected chi connectivity index (χ3v) is 4.23. The average molecular weight is 309 g/mol. The Morgan fingerprint density at radius 1 is 1.39 bits per heavy atom. The number of hydrogen-bond acceptors (Lipinski definition) is 4. The molecule has 4 rings (SSSR count). The number of nitrogens with zero attached hydrogens (tertiary/aromatic N) is 1. The van der Waals surface area contributed by atoms with E-state index in [2.05, 4.69) is 11.1 Å². The van der Waals surface area contributed by atoms with Crippen molar-refractivity contribution in [1.82, 2.24) is 4.98 Å². The van der Waals surface area contributed by atoms with Gasteiger partial charge in [-0.25, -0.2) is 4.79 Å². The fourth-order valence-electron chi connectivity index (χ4n) is 3.19. The van der Waals surface area contributed by atoms with Gasteiger partial charge in [0.2, 0.25) is 0 Å². The SMILES string of the molecule is Cc1oc2ccc(OC3CCc4cccnc43)cc2c1C(=O)O. The van der Waals surface area contributed by atoms with Gasteiger partial charge >= 0.3 is 5.97 Å². The van der Waals surface area contributed by atoms with Gasteiger partial charge in [-0.1, -0.05) is 6.07 Å². The van der Waals surface area contributed by atoms with Crippen molar-refractivity contribution in [3.63, 3.8) is 0 Å². The van der Waals surface area contributed by atoms with Gasteiger partial charge in [0.25, 0.3) is 0 Å². The predicted octanol–water partition coefficient (Wildman–Crippen LogP) is 3.90. The molecule has 1 N–H and O–H groups in total. The minimum Gasteiger partial charge on any atom is -0.484 e. The Morgan fingerprint density at radius 3 is 3.09 bits per heavy atom. The van der Waals surface area contributed by atoms with Gasteiger partial charge in [-0.15, -0.1) is 0 Å². The van der Waals surface area contributed by atoms with Crippen LogP contribution < -0.4 is 4.74 Å². The lowest BCUT2D eigenvalue weighted by Gasteiger charge is -2.14. The normalized spacial score (nSPS) is 16.5. The zero-order chi connectivity index (χ0) is 16.0. The number of aromatic nitrogens is 1. The molecule has 2 aromatic heterocycles. The largest absolute Gasteiger partial charge is 0.484 e. The number of pyridine rings is 1. The number of aromatic carboxylic acids is 1. The Morgan fingerprint density at radius 2 is 2.26 bits per heavy atom. The highest BCUT2D eigenvalue weighted by molar-refractivity contribution is 6.03. The lowest BCUT2D eigenvalue weighted by Crippen LogP contribution is -2.05. The molecule has 0 spiro atoms. The molecule has 0 fully saturated rings. The molecule has 0 amide bonds. The van der Waals surface area contributed by atoms with E-state index in [0.29, 0.717) is 22.5 Å². The average Bonchev–Trinajstić information content (AvgIpc) is 3.07. The zero-order valence-corrected chi connectivity index (χ0v) is 12.6. The molecule has 1 unspecified atom stereocenters. The lowest BCUT2D eigenvalue weighted by molar-refractivity contribution is 0.0697. The summed E-state index contributed by atoms with van der Waals surface area (Å²) in [5, 5.41) is 9.91. The molecule has 0 aliphatic heterocycles. The van der Waals surface area contributed by atoms with Crippen LogP contribution in [0.5, 0.6) is 5.75 Å². The number of carboxylic acids is 1. The minimum atomic E-state index is -0.994. The van der Waals surface area contributed by atoms with E-state index in [1.165, 1.54) is 5.56 Å². The Kier molecular flexibility index (Phi) is 3.08. The molecule has 5 heteroatoms. The van der Waals surface area contributed by atoms with Gasteiger partial charge in [0.15, 0.2) is 0 Å². The van der Waals surface area contributed by atoms with Crippen molar-refractivity contribution in [2.75, 3.05) is 0 Å². The van der Waals surface area contributed by atoms with E-state index in [0.717, 1.165) is 18.5 Å². The molecule has 0 radical (unpaired) electrons. The van der Waals surface area contributed by atoms with E-state index in [4.69, 9.17) is 9.15 Å². The van der Waals surface area contributed by atoms with E-state index in [-0.39, 0.29) is 11.7 Å². The second-order valence-electron chi connectivity index (χ2n) is 5.69. The molecule has 0 bridgehead atoms. The van der Waals surface area contributed by atoms with Crippen LogP contribution in [0.3, 0.4) is 0 Å². The molecule has 1 aliphatic rings. The summed E-state index contributed by atoms with van der Waals surface area (Å²) in [6.45, 7) is 1.65. The first-order chi connectivity index (χ1) is 11.1. The van der Waals surface area contributed by atoms with Gasteiger partial charge in [0, 0.05) is 11.6 Å². The standard InChI is InChI=1S/C18H15NO4/c1-10-16(18(20)21)13-9-12(5-7-14(13)22-10)23-15-6-4-11-3-2-8-19-17(11)15/h2-3,5,7-9,15H,4,6H2,1H3,(H,20,21). The summed E-state index contributed by atoms with van der Waals surface area (Å²) in [5.41, 5.74) is 2.92. The van der Waals surface area contributed by atoms with E-state index < -0.39 is 5.97 Å². The number of furan rings is 1. The molecule has 2 heterocycles. The lowest BCUT2D eigenvalue weighted by atomic mass is 10.1. The van der Waals surface area contributed by atoms with Crippen LogP contribution >= 0.6 is 0 Å². The first-order valence-electron chi connectivity index (χ1n) is 7.50. The number of benzene rings is 1. The van der Waals surface area contributed by atoms with Crippen molar-refractivity contribution in [3.05, 3.63) is 59.1 Å². The summed E-state index contributed by atoms with van der Waals surface area (Å²) in [6, 6.07) is 9.28. The molecule has 116 valence electrons. The van der Waals surface area contributed by atoms with Crippen molar-refractivity contribution in [3.8, 4) is 5.75 Å². The zero-order valence-electron chi connectivity index (χ0n) is 12.6. The van der Waals surface area contributed by atoms with Crippen molar-refractivity contribution in [1.29, 1.82) is 0 Å². The van der Waals surface area contributed by atoms with Gasteiger partial charge < -0.3 is 14.3 Å². The molecule has 23 heavy (non-hydrogen) atoms. The molecule has 5 nitrogen and oxygen atoms in total. The first-order valence-corrected chi connectivity index (χ1v) is 7.50. The van der Waals surface area contributed by atoms with Crippen molar-refractivity contribution in [2.45, 2.75) is 25.9 Å². The summed E-state index contributed by atoms with van der Waals surface area (Å²) in [7, 11) is 0. The molecule has 1 atom stereocenters. The maximum atomic E-state index is 11.4.